The van der Waals surface area contributed by atoms with Crippen molar-refractivity contribution in [3.05, 3.63) is 28.2 Å². The maximum Gasteiger partial charge on any atom is 0.311 e. The van der Waals surface area contributed by atoms with E-state index in [-0.39, 0.29) is 18.3 Å². The number of carbonyl (C=O) groups excluding carboxylic acids is 1. The van der Waals surface area contributed by atoms with Gasteiger partial charge in [-0.2, -0.15) is 0 Å². The van der Waals surface area contributed by atoms with Crippen LogP contribution in [0.5, 0.6) is 5.75 Å². The summed E-state index contributed by atoms with van der Waals surface area (Å²) < 4.78 is 6.79. The van der Waals surface area contributed by atoms with E-state index >= 15 is 0 Å². The Hall–Kier alpha value is -1.78. The molecule has 0 spiro atoms. The van der Waals surface area contributed by atoms with Gasteiger partial charge < -0.3 is 14.4 Å². The third-order valence-corrected chi connectivity index (χ3v) is 2.59. The van der Waals surface area contributed by atoms with E-state index in [4.69, 9.17) is 4.74 Å². The first-order valence-electron chi connectivity index (χ1n) is 5.79. The number of esters is 1. The van der Waals surface area contributed by atoms with Crippen molar-refractivity contribution < 1.29 is 14.6 Å². The average molecular weight is 253 g/mol. The van der Waals surface area contributed by atoms with E-state index in [1.165, 1.54) is 6.07 Å². The summed E-state index contributed by atoms with van der Waals surface area (Å²) in [6, 6.07) is 1.29. The number of rotatable bonds is 3. The molecule has 1 rings (SSSR count). The van der Waals surface area contributed by atoms with Gasteiger partial charge in [0, 0.05) is 12.3 Å². The van der Waals surface area contributed by atoms with Crippen molar-refractivity contribution in [1.29, 1.82) is 0 Å². The van der Waals surface area contributed by atoms with Crippen LogP contribution in [-0.2, 0) is 16.1 Å². The number of carbonyl (C=O) groups is 1. The summed E-state index contributed by atoms with van der Waals surface area (Å²) in [5.41, 5.74) is -0.467. The second-order valence-corrected chi connectivity index (χ2v) is 5.19. The van der Waals surface area contributed by atoms with Gasteiger partial charge >= 0.3 is 5.97 Å². The molecule has 0 amide bonds. The Balaban J connectivity index is 2.63. The van der Waals surface area contributed by atoms with Crippen LogP contribution >= 0.6 is 0 Å². The lowest BCUT2D eigenvalue weighted by molar-refractivity contribution is -0.153. The Kier molecular flexibility index (Phi) is 4.16. The predicted octanol–water partition coefficient (Wildman–Crippen LogP) is 1.45. The van der Waals surface area contributed by atoms with Gasteiger partial charge in [0.05, 0.1) is 17.7 Å². The molecule has 1 N–H and O–H groups in total. The lowest BCUT2D eigenvalue weighted by Crippen LogP contribution is -2.25. The normalized spacial score (nSPS) is 11.3. The van der Waals surface area contributed by atoms with Crippen molar-refractivity contribution >= 4 is 5.97 Å². The summed E-state index contributed by atoms with van der Waals surface area (Å²) in [4.78, 5) is 22.7. The molecular formula is C13H19NO4. The maximum absolute atomic E-state index is 11.5. The van der Waals surface area contributed by atoms with E-state index in [0.29, 0.717) is 12.2 Å². The minimum atomic E-state index is -0.527. The average Bonchev–Trinajstić information content (AvgIpc) is 2.27. The largest absolute Gasteiger partial charge is 0.503 e. The van der Waals surface area contributed by atoms with Crippen LogP contribution in [0.15, 0.2) is 17.1 Å². The van der Waals surface area contributed by atoms with Crippen molar-refractivity contribution in [3.63, 3.8) is 0 Å². The zero-order valence-corrected chi connectivity index (χ0v) is 11.2. The molecule has 0 atom stereocenters. The highest BCUT2D eigenvalue weighted by Gasteiger charge is 2.22. The summed E-state index contributed by atoms with van der Waals surface area (Å²) in [5, 5.41) is 9.48. The van der Waals surface area contributed by atoms with Crippen LogP contribution < -0.4 is 5.43 Å². The standard InChI is InChI=1S/C13H19NO4/c1-9-11(16)10(15)5-6-14(9)7-8-18-12(17)13(2,3)4/h5-6,16H,7-8H2,1-4H3. The van der Waals surface area contributed by atoms with E-state index in [1.807, 2.05) is 0 Å². The van der Waals surface area contributed by atoms with Crippen LogP contribution in [0.2, 0.25) is 0 Å². The van der Waals surface area contributed by atoms with Gasteiger partial charge in [-0.1, -0.05) is 0 Å². The summed E-state index contributed by atoms with van der Waals surface area (Å²) in [5.74, 6) is -0.537. The van der Waals surface area contributed by atoms with Crippen LogP contribution in [0.25, 0.3) is 0 Å². The van der Waals surface area contributed by atoms with E-state index < -0.39 is 10.8 Å². The monoisotopic (exact) mass is 253 g/mol. The summed E-state index contributed by atoms with van der Waals surface area (Å²) >= 11 is 0. The minimum absolute atomic E-state index is 0.208. The van der Waals surface area contributed by atoms with Gasteiger partial charge in [0.25, 0.3) is 0 Å². The lowest BCUT2D eigenvalue weighted by Gasteiger charge is -2.17. The van der Waals surface area contributed by atoms with Crippen LogP contribution in [0.4, 0.5) is 0 Å². The molecule has 5 nitrogen and oxygen atoms in total. The maximum atomic E-state index is 11.5. The quantitative estimate of drug-likeness (QED) is 0.828. The minimum Gasteiger partial charge on any atom is -0.503 e. The predicted molar refractivity (Wildman–Crippen MR) is 67.5 cm³/mol. The second kappa shape index (κ2) is 5.25. The summed E-state index contributed by atoms with van der Waals surface area (Å²) in [6.45, 7) is 7.60. The number of aromatic nitrogens is 1. The number of nitrogens with zero attached hydrogens (tertiary/aromatic N) is 1. The molecule has 1 heterocycles. The van der Waals surface area contributed by atoms with Crippen molar-refractivity contribution in [2.75, 3.05) is 6.61 Å². The third-order valence-electron chi connectivity index (χ3n) is 2.59. The van der Waals surface area contributed by atoms with E-state index in [0.717, 1.165) is 0 Å². The molecule has 0 aliphatic rings. The van der Waals surface area contributed by atoms with Crippen LogP contribution in [0.3, 0.4) is 0 Å². The number of aromatic hydroxyl groups is 1. The number of ether oxygens (including phenoxy) is 1. The van der Waals surface area contributed by atoms with Gasteiger partial charge in [-0.25, -0.2) is 0 Å². The molecule has 0 aromatic carbocycles. The topological polar surface area (TPSA) is 68.5 Å². The van der Waals surface area contributed by atoms with E-state index in [2.05, 4.69) is 0 Å². The van der Waals surface area contributed by atoms with Crippen molar-refractivity contribution in [1.82, 2.24) is 4.57 Å². The molecule has 18 heavy (non-hydrogen) atoms. The first-order chi connectivity index (χ1) is 8.23. The molecule has 0 saturated heterocycles. The van der Waals surface area contributed by atoms with Crippen LogP contribution in [0, 0.1) is 12.3 Å². The smallest absolute Gasteiger partial charge is 0.311 e. The highest BCUT2D eigenvalue weighted by molar-refractivity contribution is 5.75. The van der Waals surface area contributed by atoms with Crippen molar-refractivity contribution in [3.8, 4) is 5.75 Å². The Labute approximate surface area is 106 Å². The van der Waals surface area contributed by atoms with Gasteiger partial charge in [-0.15, -0.1) is 0 Å². The second-order valence-electron chi connectivity index (χ2n) is 5.19. The fourth-order valence-corrected chi connectivity index (χ4v) is 1.36. The van der Waals surface area contributed by atoms with Crippen molar-refractivity contribution in [2.45, 2.75) is 34.2 Å². The van der Waals surface area contributed by atoms with Gasteiger partial charge in [0.15, 0.2) is 5.75 Å². The molecule has 5 heteroatoms. The van der Waals surface area contributed by atoms with Gasteiger partial charge in [0.2, 0.25) is 5.43 Å². The Morgan fingerprint density at radius 1 is 1.44 bits per heavy atom. The molecule has 0 radical (unpaired) electrons. The first-order valence-corrected chi connectivity index (χ1v) is 5.79. The number of hydrogen-bond donors (Lipinski definition) is 1. The molecule has 1 aromatic rings. The Morgan fingerprint density at radius 2 is 2.06 bits per heavy atom. The Morgan fingerprint density at radius 3 is 2.61 bits per heavy atom. The molecule has 0 aliphatic carbocycles. The van der Waals surface area contributed by atoms with Gasteiger partial charge in [-0.3, -0.25) is 9.59 Å². The fraction of sp³-hybridized carbons (Fsp3) is 0.538. The van der Waals surface area contributed by atoms with Gasteiger partial charge in [-0.05, 0) is 27.7 Å². The van der Waals surface area contributed by atoms with Crippen LogP contribution in [0.1, 0.15) is 26.5 Å². The highest BCUT2D eigenvalue weighted by Crippen LogP contribution is 2.15. The molecule has 0 fully saturated rings. The van der Waals surface area contributed by atoms with E-state index in [1.54, 1.807) is 38.5 Å². The number of pyridine rings is 1. The van der Waals surface area contributed by atoms with E-state index in [9.17, 15) is 14.7 Å². The summed E-state index contributed by atoms with van der Waals surface area (Å²) in [7, 11) is 0. The molecule has 0 bridgehead atoms. The van der Waals surface area contributed by atoms with Gasteiger partial charge in [0.1, 0.15) is 6.61 Å². The van der Waals surface area contributed by atoms with Crippen molar-refractivity contribution in [2.24, 2.45) is 5.41 Å². The molecular weight excluding hydrogens is 234 g/mol. The Bertz CT molecular complexity index is 497. The fourth-order valence-electron chi connectivity index (χ4n) is 1.36. The lowest BCUT2D eigenvalue weighted by atomic mass is 9.97. The zero-order chi connectivity index (χ0) is 13.9. The molecule has 100 valence electrons. The summed E-state index contributed by atoms with van der Waals surface area (Å²) in [6.07, 6.45) is 1.57. The highest BCUT2D eigenvalue weighted by atomic mass is 16.5. The zero-order valence-electron chi connectivity index (χ0n) is 11.2. The first kappa shape index (κ1) is 14.3. The SMILES string of the molecule is Cc1c(O)c(=O)ccn1CCOC(=O)C(C)(C)C. The number of hydrogen-bond acceptors (Lipinski definition) is 4. The molecule has 0 unspecified atom stereocenters. The molecule has 0 aliphatic heterocycles. The molecule has 0 saturated carbocycles. The third kappa shape index (κ3) is 3.35. The molecule has 1 aromatic heterocycles. The van der Waals surface area contributed by atoms with Crippen LogP contribution in [-0.4, -0.2) is 22.2 Å².